The monoisotopic (exact) mass is 848 g/mol. The Kier molecular flexibility index (Phi) is 39.1. The molecule has 0 aromatic heterocycles. The van der Waals surface area contributed by atoms with Crippen LogP contribution in [0.3, 0.4) is 0 Å². The molecular weight excluding hydrogens is 769 g/mol. The molecule has 0 saturated carbocycles. The van der Waals surface area contributed by atoms with Crippen molar-refractivity contribution in [3.8, 4) is 0 Å². The fraction of sp³-hybridized carbons (Fsp3) is 0.638. The summed E-state index contributed by atoms with van der Waals surface area (Å²) in [4.78, 5) is 45.9. The van der Waals surface area contributed by atoms with Crippen LogP contribution in [0.4, 0.5) is 0 Å². The van der Waals surface area contributed by atoms with Crippen LogP contribution in [0.15, 0.2) is 85.1 Å². The Bertz CT molecular complexity index is 1320. The summed E-state index contributed by atoms with van der Waals surface area (Å²) in [5, 5.41) is 21.8. The van der Waals surface area contributed by atoms with Crippen molar-refractivity contribution in [1.29, 1.82) is 0 Å². The minimum absolute atomic E-state index is 0.117. The van der Waals surface area contributed by atoms with Gasteiger partial charge >= 0.3 is 19.8 Å². The number of ether oxygens (including phenoxy) is 1. The van der Waals surface area contributed by atoms with Gasteiger partial charge in [-0.15, -0.1) is 0 Å². The van der Waals surface area contributed by atoms with E-state index in [2.05, 4.69) is 104 Å². The largest absolute Gasteiger partial charge is 0.480 e. The molecule has 4 N–H and O–H groups in total. The Morgan fingerprint density at radius 1 is 0.559 bits per heavy atom. The third-order valence-corrected chi connectivity index (χ3v) is 9.87. The van der Waals surface area contributed by atoms with Crippen molar-refractivity contribution >= 4 is 25.7 Å². The van der Waals surface area contributed by atoms with Crippen LogP contribution in [0.5, 0.6) is 0 Å². The maximum Gasteiger partial charge on any atom is 0.472 e. The molecule has 59 heavy (non-hydrogen) atoms. The second-order valence-corrected chi connectivity index (χ2v) is 16.0. The minimum atomic E-state index is -4.77. The number of nitrogens with one attached hydrogen (secondary N) is 1. The van der Waals surface area contributed by atoms with Crippen LogP contribution in [-0.4, -0.2) is 64.9 Å². The molecule has 0 aliphatic carbocycles. The number of hydrogen-bond acceptors (Lipinski definition) is 8. The minimum Gasteiger partial charge on any atom is -0.480 e. The highest BCUT2D eigenvalue weighted by Crippen LogP contribution is 2.43. The van der Waals surface area contributed by atoms with Gasteiger partial charge in [0.1, 0.15) is 12.7 Å². The third-order valence-electron chi connectivity index (χ3n) is 8.92. The number of aliphatic hydroxyl groups is 1. The molecule has 0 saturated heterocycles. The van der Waals surface area contributed by atoms with Crippen LogP contribution in [0.1, 0.15) is 162 Å². The number of hydrogen-bond donors (Lipinski definition) is 4. The van der Waals surface area contributed by atoms with Crippen molar-refractivity contribution < 1.29 is 47.8 Å². The molecule has 0 aliphatic heterocycles. The lowest BCUT2D eigenvalue weighted by Gasteiger charge is -2.18. The summed E-state index contributed by atoms with van der Waals surface area (Å²) in [6.45, 7) is 2.39. The van der Waals surface area contributed by atoms with Gasteiger partial charge in [0.25, 0.3) is 0 Å². The van der Waals surface area contributed by atoms with Gasteiger partial charge in [0.15, 0.2) is 6.04 Å². The lowest BCUT2D eigenvalue weighted by Crippen LogP contribution is -2.43. The van der Waals surface area contributed by atoms with Crippen LogP contribution in [-0.2, 0) is 32.7 Å². The Balaban J connectivity index is 3.98. The number of phosphoric ester groups is 1. The number of carboxylic acids is 1. The third kappa shape index (κ3) is 41.2. The smallest absolute Gasteiger partial charge is 0.472 e. The Morgan fingerprint density at radius 3 is 1.47 bits per heavy atom. The first-order chi connectivity index (χ1) is 28.6. The molecule has 3 atom stereocenters. The highest BCUT2D eigenvalue weighted by molar-refractivity contribution is 7.47. The van der Waals surface area contributed by atoms with E-state index in [1.807, 2.05) is 0 Å². The lowest BCUT2D eigenvalue weighted by molar-refractivity contribution is -0.147. The molecule has 0 rings (SSSR count). The van der Waals surface area contributed by atoms with E-state index in [0.717, 1.165) is 109 Å². The number of amides is 1. The summed E-state index contributed by atoms with van der Waals surface area (Å²) in [5.41, 5.74) is 0. The van der Waals surface area contributed by atoms with Crippen LogP contribution in [0, 0.1) is 0 Å². The number of aliphatic hydroxyl groups excluding tert-OH is 1. The van der Waals surface area contributed by atoms with Gasteiger partial charge in [-0.05, 0) is 83.5 Å². The molecule has 1 amide bonds. The first kappa shape index (κ1) is 55.7. The predicted molar refractivity (Wildman–Crippen MR) is 240 cm³/mol. The van der Waals surface area contributed by atoms with Crippen molar-refractivity contribution in [3.05, 3.63) is 85.1 Å². The molecule has 12 heteroatoms. The van der Waals surface area contributed by atoms with E-state index >= 15 is 0 Å². The molecule has 0 aromatic carbocycles. The summed E-state index contributed by atoms with van der Waals surface area (Å²) in [7, 11) is -4.77. The van der Waals surface area contributed by atoms with Gasteiger partial charge in [-0.1, -0.05) is 150 Å². The van der Waals surface area contributed by atoms with Gasteiger partial charge in [-0.3, -0.25) is 18.6 Å². The fourth-order valence-corrected chi connectivity index (χ4v) is 6.25. The average Bonchev–Trinajstić information content (AvgIpc) is 3.21. The second-order valence-electron chi connectivity index (χ2n) is 14.5. The van der Waals surface area contributed by atoms with Crippen LogP contribution in [0.2, 0.25) is 0 Å². The van der Waals surface area contributed by atoms with Crippen LogP contribution >= 0.6 is 7.82 Å². The van der Waals surface area contributed by atoms with E-state index < -0.39 is 57.6 Å². The molecular formula is C47H78NO10P. The summed E-state index contributed by atoms with van der Waals surface area (Å²) in [6.07, 6.45) is 50.3. The molecule has 3 unspecified atom stereocenters. The molecule has 0 aromatic rings. The van der Waals surface area contributed by atoms with Gasteiger partial charge in [0, 0.05) is 12.8 Å². The van der Waals surface area contributed by atoms with Crippen molar-refractivity contribution in [1.82, 2.24) is 5.32 Å². The number of aliphatic carboxylic acids is 1. The summed E-state index contributed by atoms with van der Waals surface area (Å²) < 4.78 is 26.8. The number of allylic oxidation sites excluding steroid dienone is 14. The zero-order valence-corrected chi connectivity index (χ0v) is 37.2. The van der Waals surface area contributed by atoms with Crippen molar-refractivity contribution in [3.63, 3.8) is 0 Å². The standard InChI is InChI=1S/C47H78NO10P/c1-3-5-7-9-11-13-15-17-19-20-21-22-23-24-25-26-28-30-32-34-36-38-45(50)48-44(47(52)53)42-58-59(54,55)57-41-43(49)40-56-46(51)39-37-35-33-31-29-27-18-16-14-12-10-8-6-4-2/h5,7,10-13,16-19,21-22,24-25,43-44,49H,3-4,6,8-9,14-15,20,23,26-42H2,1-2H3,(H,48,50)(H,52,53)(H,54,55)/b7-5-,12-10-,13-11-,18-16-,19-17-,22-21-,25-24-. The molecule has 0 spiro atoms. The first-order valence-electron chi connectivity index (χ1n) is 22.1. The normalized spacial score (nSPS) is 14.5. The molecule has 0 heterocycles. The van der Waals surface area contributed by atoms with E-state index in [9.17, 15) is 34.1 Å². The van der Waals surface area contributed by atoms with Crippen LogP contribution < -0.4 is 5.32 Å². The number of phosphoric acid groups is 1. The maximum absolute atomic E-state index is 12.3. The second kappa shape index (κ2) is 41.4. The number of carbonyl (C=O) groups excluding carboxylic acids is 2. The summed E-state index contributed by atoms with van der Waals surface area (Å²) in [6, 6.07) is -1.56. The van der Waals surface area contributed by atoms with Gasteiger partial charge < -0.3 is 25.2 Å². The summed E-state index contributed by atoms with van der Waals surface area (Å²) in [5.74, 6) is -2.43. The average molecular weight is 848 g/mol. The Morgan fingerprint density at radius 2 is 0.983 bits per heavy atom. The maximum atomic E-state index is 12.3. The quantitative estimate of drug-likeness (QED) is 0.0201. The molecule has 0 bridgehead atoms. The Labute approximate surface area is 356 Å². The number of unbranched alkanes of at least 4 members (excludes halogenated alkanes) is 12. The fourth-order valence-electron chi connectivity index (χ4n) is 5.47. The van der Waals surface area contributed by atoms with Gasteiger partial charge in [0.05, 0.1) is 13.2 Å². The van der Waals surface area contributed by atoms with E-state index in [1.54, 1.807) is 0 Å². The number of carboxylic acid groups (broad SMARTS) is 1. The van der Waals surface area contributed by atoms with Gasteiger partial charge in [-0.2, -0.15) is 0 Å². The van der Waals surface area contributed by atoms with Crippen molar-refractivity contribution in [2.45, 2.75) is 174 Å². The lowest BCUT2D eigenvalue weighted by atomic mass is 10.1. The highest BCUT2D eigenvalue weighted by Gasteiger charge is 2.28. The van der Waals surface area contributed by atoms with Gasteiger partial charge in [0.2, 0.25) is 5.91 Å². The zero-order chi connectivity index (χ0) is 43.5. The van der Waals surface area contributed by atoms with Crippen molar-refractivity contribution in [2.75, 3.05) is 19.8 Å². The predicted octanol–water partition coefficient (Wildman–Crippen LogP) is 11.5. The van der Waals surface area contributed by atoms with Gasteiger partial charge in [-0.25, -0.2) is 9.36 Å². The zero-order valence-electron chi connectivity index (χ0n) is 36.3. The topological polar surface area (TPSA) is 169 Å². The molecule has 0 radical (unpaired) electrons. The summed E-state index contributed by atoms with van der Waals surface area (Å²) >= 11 is 0. The van der Waals surface area contributed by atoms with E-state index in [4.69, 9.17) is 13.8 Å². The molecule has 11 nitrogen and oxygen atoms in total. The Hall–Kier alpha value is -3.34. The number of rotatable bonds is 40. The number of carbonyl (C=O) groups is 3. The van der Waals surface area contributed by atoms with Crippen LogP contribution in [0.25, 0.3) is 0 Å². The van der Waals surface area contributed by atoms with Crippen molar-refractivity contribution in [2.24, 2.45) is 0 Å². The number of esters is 1. The first-order valence-corrected chi connectivity index (χ1v) is 23.6. The molecule has 0 fully saturated rings. The van der Waals surface area contributed by atoms with E-state index in [-0.39, 0.29) is 12.8 Å². The van der Waals surface area contributed by atoms with E-state index in [0.29, 0.717) is 12.8 Å². The molecule has 0 aliphatic rings. The SMILES string of the molecule is CC/C=C\C/C=C\C/C=C\C/C=C\C/C=C\CCCCCCCC(=O)NC(COP(=O)(O)OCC(O)COC(=O)CCCCCCC/C=C\C/C=C\CCCC)C(=O)O. The highest BCUT2D eigenvalue weighted by atomic mass is 31.2. The molecule has 336 valence electrons. The van der Waals surface area contributed by atoms with E-state index in [1.165, 1.54) is 12.8 Å².